The Bertz CT molecular complexity index is 1160. The number of aryl methyl sites for hydroxylation is 1. The molecule has 1 N–H and O–H groups in total. The lowest BCUT2D eigenvalue weighted by atomic mass is 9.92. The molecule has 0 atom stereocenters. The summed E-state index contributed by atoms with van der Waals surface area (Å²) in [6.07, 6.45) is 6.16. The molecule has 0 bridgehead atoms. The Morgan fingerprint density at radius 1 is 1.00 bits per heavy atom. The monoisotopic (exact) mass is 511 g/mol. The normalized spacial score (nSPS) is 18.4. The minimum absolute atomic E-state index is 0.0359. The molecule has 2 aliphatic heterocycles. The zero-order valence-corrected chi connectivity index (χ0v) is 22.0. The Morgan fingerprint density at radius 3 is 2.41 bits per heavy atom. The summed E-state index contributed by atoms with van der Waals surface area (Å²) in [5.41, 5.74) is 5.82. The van der Waals surface area contributed by atoms with Crippen molar-refractivity contribution in [2.45, 2.75) is 58.9 Å². The van der Waals surface area contributed by atoms with Gasteiger partial charge in [-0.1, -0.05) is 0 Å². The lowest BCUT2D eigenvalue weighted by Crippen LogP contribution is -2.51. The second-order valence-electron chi connectivity index (χ2n) is 10.7. The first-order chi connectivity index (χ1) is 17.9. The minimum atomic E-state index is -0.490. The Morgan fingerprint density at radius 2 is 1.70 bits per heavy atom. The molecule has 5 rings (SSSR count). The number of anilines is 1. The molecule has 0 saturated carbocycles. The van der Waals surface area contributed by atoms with Crippen molar-refractivity contribution in [3.05, 3.63) is 46.0 Å². The highest BCUT2D eigenvalue weighted by molar-refractivity contribution is 5.94. The van der Waals surface area contributed by atoms with Crippen molar-refractivity contribution in [3.8, 4) is 0 Å². The number of hydrogen-bond acceptors (Lipinski definition) is 5. The molecule has 2 aromatic rings. The maximum absolute atomic E-state index is 13.9. The quantitative estimate of drug-likeness (QED) is 0.645. The molecule has 0 spiro atoms. The van der Waals surface area contributed by atoms with Crippen LogP contribution in [0.15, 0.2) is 12.1 Å². The van der Waals surface area contributed by atoms with Crippen LogP contribution in [0.2, 0.25) is 0 Å². The van der Waals surface area contributed by atoms with E-state index in [0.29, 0.717) is 37.8 Å². The summed E-state index contributed by atoms with van der Waals surface area (Å²) < 4.78 is 16.0. The maximum atomic E-state index is 13.9. The van der Waals surface area contributed by atoms with Crippen molar-refractivity contribution < 1.29 is 19.1 Å². The summed E-state index contributed by atoms with van der Waals surface area (Å²) in [7, 11) is 0. The summed E-state index contributed by atoms with van der Waals surface area (Å²) in [6, 6.07) is 3.49. The first-order valence-electron chi connectivity index (χ1n) is 13.6. The Balaban J connectivity index is 1.18. The number of halogens is 1. The number of carbonyl (C=O) groups is 2. The van der Waals surface area contributed by atoms with Crippen LogP contribution in [0.3, 0.4) is 0 Å². The fourth-order valence-electron chi connectivity index (χ4n) is 6.16. The van der Waals surface area contributed by atoms with Gasteiger partial charge in [-0.25, -0.2) is 4.39 Å². The number of piperidine rings is 1. The number of aromatic nitrogens is 2. The lowest BCUT2D eigenvalue weighted by molar-refractivity contribution is -0.135. The van der Waals surface area contributed by atoms with Crippen LogP contribution in [0, 0.1) is 25.6 Å². The Labute approximate surface area is 218 Å². The number of fused-ring (bicyclic) bond motifs is 1. The van der Waals surface area contributed by atoms with Crippen LogP contribution in [-0.2, 0) is 24.2 Å². The van der Waals surface area contributed by atoms with Gasteiger partial charge in [0.15, 0.2) is 5.69 Å². The molecule has 0 radical (unpaired) electrons. The van der Waals surface area contributed by atoms with Gasteiger partial charge in [-0.15, -0.1) is 0 Å². The molecule has 200 valence electrons. The second-order valence-corrected chi connectivity index (χ2v) is 10.7. The zero-order valence-electron chi connectivity index (χ0n) is 22.0. The van der Waals surface area contributed by atoms with Crippen LogP contribution >= 0.6 is 0 Å². The number of piperazine rings is 1. The first kappa shape index (κ1) is 25.7. The fraction of sp³-hybridized carbons (Fsp3) is 0.607. The average molecular weight is 512 g/mol. The van der Waals surface area contributed by atoms with Crippen LogP contribution < -0.4 is 4.90 Å². The molecule has 2 amide bonds. The highest BCUT2D eigenvalue weighted by Gasteiger charge is 2.32. The smallest absolute Gasteiger partial charge is 0.274 e. The highest BCUT2D eigenvalue weighted by Crippen LogP contribution is 2.31. The van der Waals surface area contributed by atoms with E-state index in [-0.39, 0.29) is 17.6 Å². The largest absolute Gasteiger partial charge is 0.387 e. The van der Waals surface area contributed by atoms with Crippen molar-refractivity contribution >= 4 is 17.5 Å². The average Bonchev–Trinajstić information content (AvgIpc) is 3.54. The molecule has 0 unspecified atom stereocenters. The number of carbonyl (C=O) groups excluding carboxylic acids is 2. The van der Waals surface area contributed by atoms with Gasteiger partial charge in [-0.2, -0.15) is 5.10 Å². The lowest BCUT2D eigenvalue weighted by Gasteiger charge is -2.35. The number of aliphatic hydroxyl groups is 1. The third-order valence-corrected chi connectivity index (χ3v) is 8.66. The molecule has 2 fully saturated rings. The molecule has 1 aromatic carbocycles. The van der Waals surface area contributed by atoms with Crippen molar-refractivity contribution in [2.24, 2.45) is 5.92 Å². The molecule has 1 aromatic heterocycles. The Kier molecular flexibility index (Phi) is 7.51. The predicted octanol–water partition coefficient (Wildman–Crippen LogP) is 2.71. The number of nitrogens with zero attached hydrogens (tertiary/aromatic N) is 5. The van der Waals surface area contributed by atoms with Gasteiger partial charge in [-0.3, -0.25) is 14.3 Å². The van der Waals surface area contributed by atoms with Gasteiger partial charge >= 0.3 is 0 Å². The number of amides is 2. The van der Waals surface area contributed by atoms with E-state index in [1.807, 2.05) is 19.9 Å². The minimum Gasteiger partial charge on any atom is -0.387 e. The number of benzene rings is 1. The van der Waals surface area contributed by atoms with Gasteiger partial charge < -0.3 is 19.8 Å². The van der Waals surface area contributed by atoms with E-state index in [9.17, 15) is 14.0 Å². The standard InChI is InChI=1S/C28H38FN5O3/c1-19-20(2)24(7-6-23(19)29)31-11-8-21(9-12-31)10-13-34-25-5-3-4-22(25)27(30-34)28(37)33-16-14-32(15-17-33)26(36)18-35/h6-7,21,35H,3-5,8-18H2,1-2H3. The van der Waals surface area contributed by atoms with Gasteiger partial charge in [0.25, 0.3) is 5.91 Å². The van der Waals surface area contributed by atoms with Crippen LogP contribution in [0.25, 0.3) is 0 Å². The van der Waals surface area contributed by atoms with E-state index >= 15 is 0 Å². The van der Waals surface area contributed by atoms with E-state index < -0.39 is 6.61 Å². The number of rotatable bonds is 6. The van der Waals surface area contributed by atoms with Crippen molar-refractivity contribution in [3.63, 3.8) is 0 Å². The van der Waals surface area contributed by atoms with Crippen molar-refractivity contribution in [1.29, 1.82) is 0 Å². The van der Waals surface area contributed by atoms with E-state index in [1.165, 1.54) is 5.69 Å². The van der Waals surface area contributed by atoms with E-state index in [1.54, 1.807) is 15.9 Å². The van der Waals surface area contributed by atoms with Gasteiger partial charge in [0, 0.05) is 62.8 Å². The molecule has 9 heteroatoms. The topological polar surface area (TPSA) is 81.9 Å². The molecule has 3 heterocycles. The van der Waals surface area contributed by atoms with Crippen molar-refractivity contribution in [2.75, 3.05) is 50.8 Å². The number of aliphatic hydroxyl groups excluding tert-OH is 1. The van der Waals surface area contributed by atoms with Gasteiger partial charge in [0.05, 0.1) is 0 Å². The summed E-state index contributed by atoms with van der Waals surface area (Å²) in [5.74, 6) is 0.146. The fourth-order valence-corrected chi connectivity index (χ4v) is 6.16. The first-order valence-corrected chi connectivity index (χ1v) is 13.6. The summed E-state index contributed by atoms with van der Waals surface area (Å²) in [6.45, 7) is 7.98. The van der Waals surface area contributed by atoms with E-state index in [2.05, 4.69) is 9.58 Å². The van der Waals surface area contributed by atoms with Crippen molar-refractivity contribution in [1.82, 2.24) is 19.6 Å². The molecular weight excluding hydrogens is 473 g/mol. The SMILES string of the molecule is Cc1c(F)ccc(N2CCC(CCn3nc(C(=O)N4CCN(C(=O)CO)CC4)c4c3CCC4)CC2)c1C. The summed E-state index contributed by atoms with van der Waals surface area (Å²) in [5, 5.41) is 13.9. The molecule has 2 saturated heterocycles. The molecule has 1 aliphatic carbocycles. The third-order valence-electron chi connectivity index (χ3n) is 8.66. The summed E-state index contributed by atoms with van der Waals surface area (Å²) in [4.78, 5) is 30.9. The van der Waals surface area contributed by atoms with E-state index in [4.69, 9.17) is 10.2 Å². The predicted molar refractivity (Wildman–Crippen MR) is 139 cm³/mol. The molecular formula is C28H38FN5O3. The van der Waals surface area contributed by atoms with Crippen LogP contribution in [0.1, 0.15) is 58.6 Å². The van der Waals surface area contributed by atoms with Crippen LogP contribution in [0.5, 0.6) is 0 Å². The van der Waals surface area contributed by atoms with Gasteiger partial charge in [-0.05, 0) is 81.5 Å². The second kappa shape index (κ2) is 10.8. The molecule has 8 nitrogen and oxygen atoms in total. The van der Waals surface area contributed by atoms with Gasteiger partial charge in [0.1, 0.15) is 12.4 Å². The van der Waals surface area contributed by atoms with Gasteiger partial charge in [0.2, 0.25) is 5.91 Å². The van der Waals surface area contributed by atoms with Crippen LogP contribution in [0.4, 0.5) is 10.1 Å². The third kappa shape index (κ3) is 5.10. The number of hydrogen-bond donors (Lipinski definition) is 1. The van der Waals surface area contributed by atoms with E-state index in [0.717, 1.165) is 80.5 Å². The zero-order chi connectivity index (χ0) is 26.1. The molecule has 3 aliphatic rings. The summed E-state index contributed by atoms with van der Waals surface area (Å²) >= 11 is 0. The Hall–Kier alpha value is -2.94. The maximum Gasteiger partial charge on any atom is 0.274 e. The molecule has 37 heavy (non-hydrogen) atoms. The van der Waals surface area contributed by atoms with Crippen LogP contribution in [-0.4, -0.2) is 82.4 Å². The highest BCUT2D eigenvalue weighted by atomic mass is 19.1.